The third-order valence-electron chi connectivity index (χ3n) is 2.95. The quantitative estimate of drug-likeness (QED) is 0.901. The average molecular weight is 273 g/mol. The van der Waals surface area contributed by atoms with Gasteiger partial charge in [-0.1, -0.05) is 24.3 Å². The molecule has 0 fully saturated rings. The van der Waals surface area contributed by atoms with Gasteiger partial charge in [0.05, 0.1) is 11.3 Å². The van der Waals surface area contributed by atoms with Crippen LogP contribution >= 0.6 is 0 Å². The van der Waals surface area contributed by atoms with Crippen molar-refractivity contribution >= 4 is 11.6 Å². The van der Waals surface area contributed by atoms with Crippen LogP contribution < -0.4 is 5.32 Å². The van der Waals surface area contributed by atoms with Crippen molar-refractivity contribution in [2.45, 2.75) is 19.4 Å². The number of carbonyl (C=O) groups excluding carboxylic acids is 1. The first kappa shape index (κ1) is 14.2. The fraction of sp³-hybridized carbons (Fsp3) is 0.188. The zero-order valence-electron chi connectivity index (χ0n) is 11.4. The second kappa shape index (κ2) is 5.43. The maximum atomic E-state index is 13.5. The summed E-state index contributed by atoms with van der Waals surface area (Å²) in [6, 6.07) is 12.6. The first-order chi connectivity index (χ1) is 9.38. The molecule has 2 N–H and O–H groups in total. The van der Waals surface area contributed by atoms with Crippen LogP contribution in [0.4, 0.5) is 10.1 Å². The van der Waals surface area contributed by atoms with E-state index in [4.69, 9.17) is 0 Å². The van der Waals surface area contributed by atoms with Crippen LogP contribution in [0.5, 0.6) is 0 Å². The smallest absolute Gasteiger partial charge is 0.255 e. The van der Waals surface area contributed by atoms with Crippen LogP contribution in [0.2, 0.25) is 0 Å². The highest BCUT2D eigenvalue weighted by atomic mass is 19.1. The van der Waals surface area contributed by atoms with Gasteiger partial charge in [0, 0.05) is 5.56 Å². The van der Waals surface area contributed by atoms with Gasteiger partial charge in [-0.15, -0.1) is 0 Å². The minimum Gasteiger partial charge on any atom is -0.386 e. The fourth-order valence-corrected chi connectivity index (χ4v) is 1.80. The Morgan fingerprint density at radius 2 is 1.85 bits per heavy atom. The molecule has 0 aliphatic rings. The Labute approximate surface area is 117 Å². The average Bonchev–Trinajstić information content (AvgIpc) is 2.40. The number of benzene rings is 2. The van der Waals surface area contributed by atoms with E-state index in [-0.39, 0.29) is 5.69 Å². The normalized spacial score (nSPS) is 11.2. The molecule has 0 bridgehead atoms. The predicted octanol–water partition coefficient (Wildman–Crippen LogP) is 3.31. The number of hydrogen-bond donors (Lipinski definition) is 2. The van der Waals surface area contributed by atoms with E-state index in [0.29, 0.717) is 11.1 Å². The Kier molecular flexibility index (Phi) is 3.86. The molecule has 1 amide bonds. The molecule has 0 aliphatic heterocycles. The molecule has 0 aromatic heterocycles. The molecule has 104 valence electrons. The summed E-state index contributed by atoms with van der Waals surface area (Å²) in [5, 5.41) is 12.4. The molecule has 2 aromatic rings. The van der Waals surface area contributed by atoms with Gasteiger partial charge in [-0.05, 0) is 43.7 Å². The highest BCUT2D eigenvalue weighted by Crippen LogP contribution is 2.21. The van der Waals surface area contributed by atoms with Crippen molar-refractivity contribution in [3.8, 4) is 0 Å². The van der Waals surface area contributed by atoms with Gasteiger partial charge in [0.1, 0.15) is 5.82 Å². The summed E-state index contributed by atoms with van der Waals surface area (Å²) in [5.41, 5.74) is 0.0894. The third-order valence-corrected chi connectivity index (χ3v) is 2.95. The van der Waals surface area contributed by atoms with Gasteiger partial charge in [0.2, 0.25) is 0 Å². The van der Waals surface area contributed by atoms with Gasteiger partial charge in [0.15, 0.2) is 0 Å². The van der Waals surface area contributed by atoms with Gasteiger partial charge in [-0.3, -0.25) is 4.79 Å². The van der Waals surface area contributed by atoms with Gasteiger partial charge in [-0.25, -0.2) is 4.39 Å². The van der Waals surface area contributed by atoms with E-state index >= 15 is 0 Å². The van der Waals surface area contributed by atoms with E-state index in [9.17, 15) is 14.3 Å². The molecule has 0 saturated carbocycles. The molecule has 2 rings (SSSR count). The Balaban J connectivity index is 2.24. The maximum Gasteiger partial charge on any atom is 0.255 e. The first-order valence-corrected chi connectivity index (χ1v) is 6.27. The number of nitrogens with one attached hydrogen (secondary N) is 1. The summed E-state index contributed by atoms with van der Waals surface area (Å²) < 4.78 is 13.5. The van der Waals surface area contributed by atoms with Crippen molar-refractivity contribution in [2.75, 3.05) is 5.32 Å². The molecule has 0 heterocycles. The molecular weight excluding hydrogens is 257 g/mol. The molecule has 0 aliphatic carbocycles. The minimum absolute atomic E-state index is 0.131. The number of rotatable bonds is 3. The lowest BCUT2D eigenvalue weighted by molar-refractivity contribution is 0.0785. The summed E-state index contributed by atoms with van der Waals surface area (Å²) in [7, 11) is 0. The van der Waals surface area contributed by atoms with Crippen molar-refractivity contribution in [1.29, 1.82) is 0 Å². The van der Waals surface area contributed by atoms with Crippen molar-refractivity contribution < 1.29 is 14.3 Å². The molecule has 3 nitrogen and oxygen atoms in total. The minimum atomic E-state index is -1.03. The van der Waals surface area contributed by atoms with Crippen LogP contribution in [-0.2, 0) is 5.60 Å². The monoisotopic (exact) mass is 273 g/mol. The van der Waals surface area contributed by atoms with Crippen LogP contribution in [-0.4, -0.2) is 11.0 Å². The van der Waals surface area contributed by atoms with E-state index in [2.05, 4.69) is 5.32 Å². The van der Waals surface area contributed by atoms with E-state index < -0.39 is 17.3 Å². The Bertz CT molecular complexity index is 632. The lowest BCUT2D eigenvalue weighted by Gasteiger charge is -2.18. The molecule has 0 unspecified atom stereocenters. The summed E-state index contributed by atoms with van der Waals surface area (Å²) in [6.07, 6.45) is 0. The molecule has 0 spiro atoms. The predicted molar refractivity (Wildman–Crippen MR) is 76.0 cm³/mol. The molecule has 0 radical (unpaired) electrons. The third kappa shape index (κ3) is 3.22. The standard InChI is InChI=1S/C16H16FNO2/c1-16(2,20)12-7-5-6-11(10-12)15(19)18-14-9-4-3-8-13(14)17/h3-10,20H,1-2H3,(H,18,19). The molecule has 0 saturated heterocycles. The summed E-state index contributed by atoms with van der Waals surface area (Å²) in [4.78, 5) is 12.1. The Morgan fingerprint density at radius 3 is 2.50 bits per heavy atom. The zero-order chi connectivity index (χ0) is 14.8. The van der Waals surface area contributed by atoms with Crippen LogP contribution in [0.25, 0.3) is 0 Å². The van der Waals surface area contributed by atoms with Crippen LogP contribution in [0.1, 0.15) is 29.8 Å². The maximum absolute atomic E-state index is 13.5. The number of amides is 1. The van der Waals surface area contributed by atoms with Crippen molar-refractivity contribution in [3.05, 3.63) is 65.5 Å². The molecule has 2 aromatic carbocycles. The SMILES string of the molecule is CC(C)(O)c1cccc(C(=O)Nc2ccccc2F)c1. The van der Waals surface area contributed by atoms with E-state index in [0.717, 1.165) is 0 Å². The van der Waals surface area contributed by atoms with E-state index in [1.54, 1.807) is 50.2 Å². The van der Waals surface area contributed by atoms with Crippen LogP contribution in [0.15, 0.2) is 48.5 Å². The molecule has 4 heteroatoms. The topological polar surface area (TPSA) is 49.3 Å². The van der Waals surface area contributed by atoms with Crippen LogP contribution in [0, 0.1) is 5.82 Å². The number of halogens is 1. The molecular formula is C16H16FNO2. The van der Waals surface area contributed by atoms with Crippen LogP contribution in [0.3, 0.4) is 0 Å². The van der Waals surface area contributed by atoms with Gasteiger partial charge in [-0.2, -0.15) is 0 Å². The highest BCUT2D eigenvalue weighted by molar-refractivity contribution is 6.04. The number of hydrogen-bond acceptors (Lipinski definition) is 2. The summed E-state index contributed by atoms with van der Waals surface area (Å²) in [6.45, 7) is 3.28. The Morgan fingerprint density at radius 1 is 1.15 bits per heavy atom. The lowest BCUT2D eigenvalue weighted by Crippen LogP contribution is -2.18. The largest absolute Gasteiger partial charge is 0.386 e. The number of anilines is 1. The number of para-hydroxylation sites is 1. The molecule has 0 atom stereocenters. The van der Waals surface area contributed by atoms with E-state index in [1.807, 2.05) is 0 Å². The highest BCUT2D eigenvalue weighted by Gasteiger charge is 2.17. The second-order valence-corrected chi connectivity index (χ2v) is 5.07. The van der Waals surface area contributed by atoms with Gasteiger partial charge < -0.3 is 10.4 Å². The van der Waals surface area contributed by atoms with Gasteiger partial charge in [0.25, 0.3) is 5.91 Å². The Hall–Kier alpha value is -2.20. The summed E-state index contributed by atoms with van der Waals surface area (Å²) >= 11 is 0. The number of carbonyl (C=O) groups is 1. The van der Waals surface area contributed by atoms with Crippen molar-refractivity contribution in [2.24, 2.45) is 0 Å². The zero-order valence-corrected chi connectivity index (χ0v) is 11.4. The second-order valence-electron chi connectivity index (χ2n) is 5.07. The van der Waals surface area contributed by atoms with Gasteiger partial charge >= 0.3 is 0 Å². The van der Waals surface area contributed by atoms with Crippen molar-refractivity contribution in [3.63, 3.8) is 0 Å². The van der Waals surface area contributed by atoms with E-state index in [1.165, 1.54) is 12.1 Å². The first-order valence-electron chi connectivity index (χ1n) is 6.27. The fourth-order valence-electron chi connectivity index (χ4n) is 1.80. The van der Waals surface area contributed by atoms with Crippen molar-refractivity contribution in [1.82, 2.24) is 0 Å². The molecule has 20 heavy (non-hydrogen) atoms. The summed E-state index contributed by atoms with van der Waals surface area (Å²) in [5.74, 6) is -0.902. The number of aliphatic hydroxyl groups is 1. The lowest BCUT2D eigenvalue weighted by atomic mass is 9.96.